The van der Waals surface area contributed by atoms with Crippen LogP contribution in [0, 0.1) is 17.2 Å². The van der Waals surface area contributed by atoms with E-state index in [1.165, 1.54) is 0 Å². The fraction of sp³-hybridized carbons (Fsp3) is 0.467. The van der Waals surface area contributed by atoms with Gasteiger partial charge in [-0.3, -0.25) is 4.79 Å². The number of benzene rings is 1. The first-order chi connectivity index (χ1) is 9.29. The van der Waals surface area contributed by atoms with E-state index in [0.717, 1.165) is 25.0 Å². The lowest BCUT2D eigenvalue weighted by molar-refractivity contribution is -0.125. The molecule has 1 amide bonds. The Morgan fingerprint density at radius 2 is 2.26 bits per heavy atom. The number of nitrogens with zero attached hydrogens (tertiary/aromatic N) is 1. The average Bonchev–Trinajstić information content (AvgIpc) is 2.47. The van der Waals surface area contributed by atoms with Crippen LogP contribution in [0.1, 0.15) is 18.4 Å². The van der Waals surface area contributed by atoms with Gasteiger partial charge in [-0.05, 0) is 24.8 Å². The first kappa shape index (κ1) is 13.6. The van der Waals surface area contributed by atoms with Gasteiger partial charge >= 0.3 is 0 Å². The molecule has 2 atom stereocenters. The number of amides is 1. The summed E-state index contributed by atoms with van der Waals surface area (Å²) in [6.45, 7) is 1.31. The minimum atomic E-state index is -0.635. The molecule has 4 nitrogen and oxygen atoms in total. The van der Waals surface area contributed by atoms with Gasteiger partial charge in [-0.2, -0.15) is 5.26 Å². The minimum absolute atomic E-state index is 0.0490. The van der Waals surface area contributed by atoms with Gasteiger partial charge in [0.25, 0.3) is 0 Å². The van der Waals surface area contributed by atoms with Gasteiger partial charge in [0.2, 0.25) is 5.91 Å². The molecule has 19 heavy (non-hydrogen) atoms. The molecule has 0 aromatic heterocycles. The van der Waals surface area contributed by atoms with Crippen molar-refractivity contribution in [1.82, 2.24) is 5.32 Å². The Hall–Kier alpha value is -1.86. The number of carbonyl (C=O) groups excluding carboxylic acids is 1. The second-order valence-corrected chi connectivity index (χ2v) is 4.79. The van der Waals surface area contributed by atoms with Crippen molar-refractivity contribution in [2.24, 2.45) is 5.92 Å². The quantitative estimate of drug-likeness (QED) is 0.893. The number of rotatable bonds is 4. The van der Waals surface area contributed by atoms with Crippen molar-refractivity contribution in [1.29, 1.82) is 5.26 Å². The fourth-order valence-corrected chi connectivity index (χ4v) is 2.20. The zero-order valence-electron chi connectivity index (χ0n) is 10.8. The highest BCUT2D eigenvalue weighted by Gasteiger charge is 2.22. The molecular formula is C15H18N2O2. The summed E-state index contributed by atoms with van der Waals surface area (Å²) < 4.78 is 5.32. The van der Waals surface area contributed by atoms with Crippen molar-refractivity contribution in [3.05, 3.63) is 35.9 Å². The van der Waals surface area contributed by atoms with Crippen molar-refractivity contribution in [2.75, 3.05) is 13.2 Å². The zero-order chi connectivity index (χ0) is 13.5. The van der Waals surface area contributed by atoms with Gasteiger partial charge in [-0.1, -0.05) is 30.3 Å². The van der Waals surface area contributed by atoms with E-state index in [-0.39, 0.29) is 11.9 Å². The second kappa shape index (κ2) is 6.91. The monoisotopic (exact) mass is 258 g/mol. The summed E-state index contributed by atoms with van der Waals surface area (Å²) in [5, 5.41) is 12.0. The van der Waals surface area contributed by atoms with Crippen molar-refractivity contribution in [3.63, 3.8) is 0 Å². The van der Waals surface area contributed by atoms with Crippen molar-refractivity contribution >= 4 is 5.91 Å². The molecular weight excluding hydrogens is 240 g/mol. The van der Waals surface area contributed by atoms with Crippen LogP contribution in [-0.2, 0) is 16.0 Å². The molecule has 0 aliphatic carbocycles. The third kappa shape index (κ3) is 4.08. The maximum absolute atomic E-state index is 12.1. The van der Waals surface area contributed by atoms with Gasteiger partial charge in [0, 0.05) is 6.61 Å². The van der Waals surface area contributed by atoms with Crippen LogP contribution in [0.2, 0.25) is 0 Å². The fourth-order valence-electron chi connectivity index (χ4n) is 2.20. The first-order valence-corrected chi connectivity index (χ1v) is 6.61. The lowest BCUT2D eigenvalue weighted by atomic mass is 9.99. The zero-order valence-corrected chi connectivity index (χ0v) is 10.8. The van der Waals surface area contributed by atoms with Crippen LogP contribution in [0.15, 0.2) is 30.3 Å². The third-order valence-electron chi connectivity index (χ3n) is 3.26. The molecule has 0 radical (unpaired) electrons. The lowest BCUT2D eigenvalue weighted by Gasteiger charge is -2.24. The average molecular weight is 258 g/mol. The summed E-state index contributed by atoms with van der Waals surface area (Å²) in [5.41, 5.74) is 1.00. The Labute approximate surface area is 113 Å². The third-order valence-corrected chi connectivity index (χ3v) is 3.26. The van der Waals surface area contributed by atoms with Crippen LogP contribution in [0.4, 0.5) is 0 Å². The maximum atomic E-state index is 12.1. The van der Waals surface area contributed by atoms with Crippen molar-refractivity contribution in [2.45, 2.75) is 25.3 Å². The van der Waals surface area contributed by atoms with Gasteiger partial charge < -0.3 is 10.1 Å². The smallest absolute Gasteiger partial charge is 0.237 e. The van der Waals surface area contributed by atoms with E-state index in [9.17, 15) is 4.79 Å². The molecule has 1 saturated heterocycles. The van der Waals surface area contributed by atoms with Crippen LogP contribution >= 0.6 is 0 Å². The minimum Gasteiger partial charge on any atom is -0.379 e. The Morgan fingerprint density at radius 3 is 2.89 bits per heavy atom. The number of ether oxygens (including phenoxy) is 1. The largest absolute Gasteiger partial charge is 0.379 e. The van der Waals surface area contributed by atoms with E-state index in [1.807, 2.05) is 30.3 Å². The summed E-state index contributed by atoms with van der Waals surface area (Å²) >= 11 is 0. The van der Waals surface area contributed by atoms with Crippen LogP contribution < -0.4 is 5.32 Å². The highest BCUT2D eigenvalue weighted by molar-refractivity contribution is 5.81. The number of nitrogens with one attached hydrogen (secondary N) is 1. The maximum Gasteiger partial charge on any atom is 0.237 e. The Kier molecular flexibility index (Phi) is 4.93. The van der Waals surface area contributed by atoms with E-state index < -0.39 is 5.92 Å². The molecule has 100 valence electrons. The number of nitriles is 1. The molecule has 4 heteroatoms. The van der Waals surface area contributed by atoms with Crippen LogP contribution in [0.25, 0.3) is 0 Å². The standard InChI is InChI=1S/C15H18N2O2/c16-10-13(9-12-5-2-1-3-6-12)15(18)17-14-7-4-8-19-11-14/h1-3,5-6,13-14H,4,7-9,11H2,(H,17,18). The highest BCUT2D eigenvalue weighted by atomic mass is 16.5. The molecule has 1 aromatic carbocycles. The van der Waals surface area contributed by atoms with E-state index in [2.05, 4.69) is 11.4 Å². The predicted molar refractivity (Wildman–Crippen MR) is 71.2 cm³/mol. The molecule has 1 heterocycles. The lowest BCUT2D eigenvalue weighted by Crippen LogP contribution is -2.43. The number of hydrogen-bond acceptors (Lipinski definition) is 3. The van der Waals surface area contributed by atoms with Crippen LogP contribution in [-0.4, -0.2) is 25.2 Å². The van der Waals surface area contributed by atoms with Gasteiger partial charge in [-0.25, -0.2) is 0 Å². The molecule has 0 bridgehead atoms. The summed E-state index contributed by atoms with van der Waals surface area (Å²) in [6.07, 6.45) is 2.34. The SMILES string of the molecule is N#CC(Cc1ccccc1)C(=O)NC1CCCOC1. The summed E-state index contributed by atoms with van der Waals surface area (Å²) in [5.74, 6) is -0.828. The van der Waals surface area contributed by atoms with Crippen molar-refractivity contribution in [3.8, 4) is 6.07 Å². The molecule has 0 spiro atoms. The summed E-state index contributed by atoms with van der Waals surface area (Å²) in [6, 6.07) is 11.7. The van der Waals surface area contributed by atoms with Crippen molar-refractivity contribution < 1.29 is 9.53 Å². The first-order valence-electron chi connectivity index (χ1n) is 6.61. The Morgan fingerprint density at radius 1 is 1.47 bits per heavy atom. The molecule has 1 aliphatic heterocycles. The summed E-state index contributed by atoms with van der Waals surface area (Å²) in [4.78, 5) is 12.1. The molecule has 0 saturated carbocycles. The van der Waals surface area contributed by atoms with Crippen LogP contribution in [0.5, 0.6) is 0 Å². The van der Waals surface area contributed by atoms with E-state index >= 15 is 0 Å². The topological polar surface area (TPSA) is 62.1 Å². The molecule has 1 aromatic rings. The van der Waals surface area contributed by atoms with Gasteiger partial charge in [0.15, 0.2) is 0 Å². The Balaban J connectivity index is 1.90. The van der Waals surface area contributed by atoms with E-state index in [1.54, 1.807) is 0 Å². The molecule has 2 rings (SSSR count). The van der Waals surface area contributed by atoms with E-state index in [4.69, 9.17) is 10.00 Å². The number of hydrogen-bond donors (Lipinski definition) is 1. The summed E-state index contributed by atoms with van der Waals surface area (Å²) in [7, 11) is 0. The molecule has 1 fully saturated rings. The van der Waals surface area contributed by atoms with Gasteiger partial charge in [-0.15, -0.1) is 0 Å². The van der Waals surface area contributed by atoms with E-state index in [0.29, 0.717) is 13.0 Å². The van der Waals surface area contributed by atoms with Crippen LogP contribution in [0.3, 0.4) is 0 Å². The number of carbonyl (C=O) groups is 1. The molecule has 2 unspecified atom stereocenters. The van der Waals surface area contributed by atoms with Gasteiger partial charge in [0.05, 0.1) is 18.7 Å². The molecule has 1 N–H and O–H groups in total. The Bertz CT molecular complexity index is 447. The van der Waals surface area contributed by atoms with Gasteiger partial charge in [0.1, 0.15) is 5.92 Å². The highest BCUT2D eigenvalue weighted by Crippen LogP contribution is 2.11. The second-order valence-electron chi connectivity index (χ2n) is 4.79. The predicted octanol–water partition coefficient (Wildman–Crippen LogP) is 1.66. The normalized spacial score (nSPS) is 20.3. The molecule has 1 aliphatic rings.